The predicted molar refractivity (Wildman–Crippen MR) is 156 cm³/mol. The number of aryl methyl sites for hydroxylation is 1. The lowest BCUT2D eigenvalue weighted by atomic mass is 9.87. The van der Waals surface area contributed by atoms with Gasteiger partial charge in [-0.1, -0.05) is 31.0 Å². The Labute approximate surface area is 235 Å². The Hall–Kier alpha value is -3.18. The fourth-order valence-electron chi connectivity index (χ4n) is 5.31. The number of hydrogen-bond donors (Lipinski definition) is 3. The SMILES string of the molecule is CCC(=O)CCCCC[C@H](NC(=O)C1=NOC2(CCNCC2)C1)c1ncc(-c2ccc3nn(C)cc3c2)[nH]1.S. The number of carbonyl (C=O) groups is 2. The molecule has 3 N–H and O–H groups in total. The van der Waals surface area contributed by atoms with Crippen molar-refractivity contribution in [2.24, 2.45) is 12.2 Å². The van der Waals surface area contributed by atoms with Crippen molar-refractivity contribution in [3.63, 3.8) is 0 Å². The molecular formula is C28H39N7O3S. The first-order chi connectivity index (χ1) is 18.4. The van der Waals surface area contributed by atoms with Gasteiger partial charge in [0.15, 0.2) is 0 Å². The van der Waals surface area contributed by atoms with Crippen LogP contribution in [0.1, 0.15) is 76.6 Å². The third-order valence-electron chi connectivity index (χ3n) is 7.62. The molecule has 39 heavy (non-hydrogen) atoms. The Balaban J connectivity index is 0.00000353. The molecule has 1 amide bonds. The van der Waals surface area contributed by atoms with E-state index in [1.165, 1.54) is 0 Å². The molecule has 0 bridgehead atoms. The van der Waals surface area contributed by atoms with Crippen LogP contribution in [0.3, 0.4) is 0 Å². The summed E-state index contributed by atoms with van der Waals surface area (Å²) in [7, 11) is 1.91. The molecule has 1 aromatic carbocycles. The Kier molecular flexibility index (Phi) is 9.45. The number of H-pyrrole nitrogens is 1. The molecule has 210 valence electrons. The highest BCUT2D eigenvalue weighted by Gasteiger charge is 2.42. The van der Waals surface area contributed by atoms with Crippen molar-refractivity contribution in [3.05, 3.63) is 36.4 Å². The van der Waals surface area contributed by atoms with E-state index < -0.39 is 0 Å². The quantitative estimate of drug-likeness (QED) is 0.308. The van der Waals surface area contributed by atoms with E-state index in [1.807, 2.05) is 38.5 Å². The average molecular weight is 554 g/mol. The molecular weight excluding hydrogens is 514 g/mol. The number of piperidine rings is 1. The third-order valence-corrected chi connectivity index (χ3v) is 7.62. The number of carbonyl (C=O) groups excluding carboxylic acids is 2. The van der Waals surface area contributed by atoms with Crippen molar-refractivity contribution in [1.82, 2.24) is 30.4 Å². The number of amides is 1. The summed E-state index contributed by atoms with van der Waals surface area (Å²) in [5.74, 6) is 0.795. The second-order valence-electron chi connectivity index (χ2n) is 10.5. The van der Waals surface area contributed by atoms with Gasteiger partial charge in [0, 0.05) is 56.3 Å². The molecule has 0 saturated carbocycles. The third kappa shape index (κ3) is 6.88. The highest BCUT2D eigenvalue weighted by molar-refractivity contribution is 7.59. The minimum atomic E-state index is -0.359. The van der Waals surface area contributed by atoms with E-state index in [9.17, 15) is 9.59 Å². The lowest BCUT2D eigenvalue weighted by Crippen LogP contribution is -2.43. The predicted octanol–water partition coefficient (Wildman–Crippen LogP) is 4.06. The Morgan fingerprint density at radius 2 is 2.03 bits per heavy atom. The fourth-order valence-corrected chi connectivity index (χ4v) is 5.31. The normalized spacial score (nSPS) is 16.9. The van der Waals surface area contributed by atoms with Crippen molar-refractivity contribution in [2.45, 2.75) is 76.4 Å². The maximum Gasteiger partial charge on any atom is 0.269 e. The fraction of sp³-hybridized carbons (Fsp3) is 0.536. The van der Waals surface area contributed by atoms with Gasteiger partial charge in [-0.15, -0.1) is 0 Å². The topological polar surface area (TPSA) is 126 Å². The van der Waals surface area contributed by atoms with Gasteiger partial charge in [0.1, 0.15) is 22.9 Å². The molecule has 0 unspecified atom stereocenters. The van der Waals surface area contributed by atoms with Crippen LogP contribution < -0.4 is 10.6 Å². The van der Waals surface area contributed by atoms with Gasteiger partial charge in [-0.3, -0.25) is 14.3 Å². The number of benzene rings is 1. The van der Waals surface area contributed by atoms with Gasteiger partial charge in [0.05, 0.1) is 23.4 Å². The number of hydrogen-bond acceptors (Lipinski definition) is 7. The summed E-state index contributed by atoms with van der Waals surface area (Å²) >= 11 is 0. The Morgan fingerprint density at radius 1 is 1.21 bits per heavy atom. The summed E-state index contributed by atoms with van der Waals surface area (Å²) in [5, 5.41) is 16.2. The maximum absolute atomic E-state index is 13.3. The number of ketones is 1. The van der Waals surface area contributed by atoms with E-state index in [-0.39, 0.29) is 31.0 Å². The van der Waals surface area contributed by atoms with E-state index in [4.69, 9.17) is 4.84 Å². The summed E-state index contributed by atoms with van der Waals surface area (Å²) in [6, 6.07) is 5.80. The molecule has 5 rings (SSSR count). The van der Waals surface area contributed by atoms with Gasteiger partial charge in [-0.05, 0) is 38.1 Å². The second kappa shape index (κ2) is 12.8. The standard InChI is InChI=1S/C28H37N7O3.H2S/c1-3-21(36)7-5-4-6-8-23(32-27(37)24-16-28(38-34-24)11-13-29-14-12-28)26-30-17-25(31-26)19-9-10-22-20(15-19)18-35(2)33-22;/h9-10,15,17-18,23,29H,3-8,11-14,16H2,1-2H3,(H,30,31)(H,32,37);1H2/t23-;/m0./s1. The van der Waals surface area contributed by atoms with Gasteiger partial charge >= 0.3 is 0 Å². The molecule has 0 radical (unpaired) electrons. The zero-order chi connectivity index (χ0) is 26.5. The average Bonchev–Trinajstić information content (AvgIpc) is 3.66. The van der Waals surface area contributed by atoms with E-state index in [2.05, 4.69) is 36.9 Å². The van der Waals surface area contributed by atoms with Crippen LogP contribution in [0.4, 0.5) is 0 Å². The number of Topliss-reactive ketones (excluding diaryl/α,β-unsaturated/α-hetero) is 1. The van der Waals surface area contributed by atoms with Crippen LogP contribution >= 0.6 is 13.5 Å². The number of oxime groups is 1. The monoisotopic (exact) mass is 553 g/mol. The Morgan fingerprint density at radius 3 is 2.82 bits per heavy atom. The maximum atomic E-state index is 13.3. The molecule has 3 aromatic rings. The molecule has 4 heterocycles. The van der Waals surface area contributed by atoms with Crippen molar-refractivity contribution in [3.8, 4) is 11.3 Å². The summed E-state index contributed by atoms with van der Waals surface area (Å²) < 4.78 is 1.80. The second-order valence-corrected chi connectivity index (χ2v) is 10.5. The summed E-state index contributed by atoms with van der Waals surface area (Å²) in [5.41, 5.74) is 2.91. The Bertz CT molecular complexity index is 1330. The van der Waals surface area contributed by atoms with Crippen LogP contribution in [0.2, 0.25) is 0 Å². The van der Waals surface area contributed by atoms with Crippen LogP contribution in [-0.2, 0) is 21.5 Å². The van der Waals surface area contributed by atoms with Gasteiger partial charge in [-0.25, -0.2) is 4.98 Å². The van der Waals surface area contributed by atoms with Crippen molar-refractivity contribution >= 4 is 41.8 Å². The molecule has 1 saturated heterocycles. The summed E-state index contributed by atoms with van der Waals surface area (Å²) in [6.45, 7) is 3.64. The molecule has 2 aromatic heterocycles. The van der Waals surface area contributed by atoms with Crippen LogP contribution in [-0.4, -0.2) is 55.8 Å². The lowest BCUT2D eigenvalue weighted by Gasteiger charge is -2.30. The van der Waals surface area contributed by atoms with E-state index in [0.29, 0.717) is 43.0 Å². The minimum absolute atomic E-state index is 0. The summed E-state index contributed by atoms with van der Waals surface area (Å²) in [6.07, 6.45) is 10.6. The number of rotatable bonds is 11. The van der Waals surface area contributed by atoms with Crippen LogP contribution in [0.15, 0.2) is 35.7 Å². The molecule has 1 spiro atoms. The largest absolute Gasteiger partial charge is 0.388 e. The number of aromatic nitrogens is 4. The summed E-state index contributed by atoms with van der Waals surface area (Å²) in [4.78, 5) is 38.8. The van der Waals surface area contributed by atoms with Crippen LogP contribution in [0.25, 0.3) is 22.2 Å². The van der Waals surface area contributed by atoms with Gasteiger partial charge in [-0.2, -0.15) is 18.6 Å². The van der Waals surface area contributed by atoms with Crippen molar-refractivity contribution < 1.29 is 14.4 Å². The molecule has 10 nitrogen and oxygen atoms in total. The highest BCUT2D eigenvalue weighted by atomic mass is 32.1. The smallest absolute Gasteiger partial charge is 0.269 e. The lowest BCUT2D eigenvalue weighted by molar-refractivity contribution is -0.119. The first kappa shape index (κ1) is 28.8. The van der Waals surface area contributed by atoms with Gasteiger partial charge in [0.25, 0.3) is 5.91 Å². The number of aromatic amines is 1. The molecule has 1 fully saturated rings. The van der Waals surface area contributed by atoms with Crippen molar-refractivity contribution in [2.75, 3.05) is 13.1 Å². The van der Waals surface area contributed by atoms with E-state index in [1.54, 1.807) is 4.68 Å². The number of nitrogens with one attached hydrogen (secondary N) is 3. The van der Waals surface area contributed by atoms with Crippen LogP contribution in [0.5, 0.6) is 0 Å². The zero-order valence-electron chi connectivity index (χ0n) is 22.8. The number of imidazole rings is 1. The molecule has 11 heteroatoms. The first-order valence-corrected chi connectivity index (χ1v) is 13.7. The number of fused-ring (bicyclic) bond motifs is 1. The van der Waals surface area contributed by atoms with Gasteiger partial charge < -0.3 is 20.5 Å². The van der Waals surface area contributed by atoms with Gasteiger partial charge in [0.2, 0.25) is 0 Å². The molecule has 2 aliphatic rings. The minimum Gasteiger partial charge on any atom is -0.388 e. The molecule has 0 aliphatic carbocycles. The first-order valence-electron chi connectivity index (χ1n) is 13.7. The molecule has 2 aliphatic heterocycles. The number of nitrogens with zero attached hydrogens (tertiary/aromatic N) is 4. The van der Waals surface area contributed by atoms with E-state index >= 15 is 0 Å². The molecule has 1 atom stereocenters. The number of unbranched alkanes of at least 4 members (excludes halogenated alkanes) is 2. The highest BCUT2D eigenvalue weighted by Crippen LogP contribution is 2.33. The zero-order valence-corrected chi connectivity index (χ0v) is 23.8. The van der Waals surface area contributed by atoms with Crippen LogP contribution in [0, 0.1) is 0 Å². The van der Waals surface area contributed by atoms with Crippen molar-refractivity contribution in [1.29, 1.82) is 0 Å². The van der Waals surface area contributed by atoms with E-state index in [0.717, 1.165) is 67.4 Å².